The average molecular weight is 280 g/mol. The van der Waals surface area contributed by atoms with Gasteiger partial charge in [-0.1, -0.05) is 24.3 Å². The smallest absolute Gasteiger partial charge is 0.248 e. The Balaban J connectivity index is 2.03. The molecule has 1 amide bonds. The topological polar surface area (TPSA) is 72.2 Å². The number of nitrogens with two attached hydrogens (primary N) is 1. The summed E-state index contributed by atoms with van der Waals surface area (Å²) in [5.74, 6) is -0.295. The minimum Gasteiger partial charge on any atom is -0.399 e. The lowest BCUT2D eigenvalue weighted by molar-refractivity contribution is -0.111. The Bertz CT molecular complexity index is 688. The van der Waals surface area contributed by atoms with Crippen LogP contribution < -0.4 is 11.1 Å². The minimum atomic E-state index is -0.257. The van der Waals surface area contributed by atoms with Crippen LogP contribution in [0.3, 0.4) is 0 Å². The van der Waals surface area contributed by atoms with Gasteiger partial charge in [-0.25, -0.2) is 0 Å². The van der Waals surface area contributed by atoms with Crippen molar-refractivity contribution in [3.8, 4) is 0 Å². The first kappa shape index (κ1) is 14.5. The van der Waals surface area contributed by atoms with Gasteiger partial charge in [-0.3, -0.25) is 9.59 Å². The molecule has 0 saturated heterocycles. The van der Waals surface area contributed by atoms with Crippen LogP contribution in [-0.2, 0) is 4.79 Å². The van der Waals surface area contributed by atoms with E-state index in [2.05, 4.69) is 5.32 Å². The normalized spacial score (nSPS) is 10.5. The third-order valence-corrected chi connectivity index (χ3v) is 2.90. The fourth-order valence-electron chi connectivity index (χ4n) is 1.78. The summed E-state index contributed by atoms with van der Waals surface area (Å²) in [5.41, 5.74) is 8.31. The SMILES string of the molecule is CC(=O)c1cccc(NC(=O)/C=C/c2ccc(N)cc2)c1. The van der Waals surface area contributed by atoms with Crippen molar-refractivity contribution in [1.29, 1.82) is 0 Å². The maximum Gasteiger partial charge on any atom is 0.248 e. The van der Waals surface area contributed by atoms with Crippen LogP contribution in [0.2, 0.25) is 0 Å². The number of rotatable bonds is 4. The van der Waals surface area contributed by atoms with E-state index in [4.69, 9.17) is 5.73 Å². The van der Waals surface area contributed by atoms with E-state index in [9.17, 15) is 9.59 Å². The second-order valence-corrected chi connectivity index (χ2v) is 4.63. The van der Waals surface area contributed by atoms with Crippen LogP contribution >= 0.6 is 0 Å². The average Bonchev–Trinajstić information content (AvgIpc) is 2.47. The van der Waals surface area contributed by atoms with Gasteiger partial charge in [0.15, 0.2) is 5.78 Å². The summed E-state index contributed by atoms with van der Waals surface area (Å²) < 4.78 is 0. The van der Waals surface area contributed by atoms with Gasteiger partial charge >= 0.3 is 0 Å². The molecular weight excluding hydrogens is 264 g/mol. The van der Waals surface area contributed by atoms with Gasteiger partial charge in [-0.05, 0) is 42.8 Å². The molecule has 0 aromatic heterocycles. The van der Waals surface area contributed by atoms with Crippen LogP contribution in [0.4, 0.5) is 11.4 Å². The van der Waals surface area contributed by atoms with E-state index in [-0.39, 0.29) is 11.7 Å². The predicted molar refractivity (Wildman–Crippen MR) is 85.0 cm³/mol. The Kier molecular flexibility index (Phi) is 4.51. The summed E-state index contributed by atoms with van der Waals surface area (Å²) in [7, 11) is 0. The number of carbonyl (C=O) groups excluding carboxylic acids is 2. The Hall–Kier alpha value is -2.88. The van der Waals surface area contributed by atoms with E-state index < -0.39 is 0 Å². The van der Waals surface area contributed by atoms with Gasteiger partial charge in [0.25, 0.3) is 0 Å². The quantitative estimate of drug-likeness (QED) is 0.513. The molecule has 4 nitrogen and oxygen atoms in total. The summed E-state index contributed by atoms with van der Waals surface area (Å²) in [6.07, 6.45) is 3.13. The largest absolute Gasteiger partial charge is 0.399 e. The molecule has 0 heterocycles. The fourth-order valence-corrected chi connectivity index (χ4v) is 1.78. The van der Waals surface area contributed by atoms with Crippen molar-refractivity contribution in [3.05, 3.63) is 65.7 Å². The number of anilines is 2. The van der Waals surface area contributed by atoms with Gasteiger partial charge in [0, 0.05) is 23.0 Å². The standard InChI is InChI=1S/C17H16N2O2/c1-12(20)14-3-2-4-16(11-14)19-17(21)10-7-13-5-8-15(18)9-6-13/h2-11H,18H2,1H3,(H,19,21)/b10-7+. The maximum atomic E-state index is 11.8. The molecule has 106 valence electrons. The molecule has 2 rings (SSSR count). The summed E-state index contributed by atoms with van der Waals surface area (Å²) in [4.78, 5) is 23.1. The number of amides is 1. The van der Waals surface area contributed by atoms with Crippen molar-refractivity contribution in [2.75, 3.05) is 11.1 Å². The van der Waals surface area contributed by atoms with Crippen molar-refractivity contribution < 1.29 is 9.59 Å². The molecule has 0 aliphatic heterocycles. The number of carbonyl (C=O) groups is 2. The van der Waals surface area contributed by atoms with E-state index in [1.54, 1.807) is 42.5 Å². The number of nitrogens with one attached hydrogen (secondary N) is 1. The molecule has 0 aliphatic carbocycles. The molecule has 0 fully saturated rings. The number of Topliss-reactive ketones (excluding diaryl/α,β-unsaturated/α-hetero) is 1. The summed E-state index contributed by atoms with van der Waals surface area (Å²) >= 11 is 0. The van der Waals surface area contributed by atoms with E-state index in [1.807, 2.05) is 12.1 Å². The van der Waals surface area contributed by atoms with Crippen LogP contribution in [0.5, 0.6) is 0 Å². The first-order valence-electron chi connectivity index (χ1n) is 6.50. The van der Waals surface area contributed by atoms with Crippen LogP contribution in [0, 0.1) is 0 Å². The number of ketones is 1. The van der Waals surface area contributed by atoms with Crippen LogP contribution in [0.25, 0.3) is 6.08 Å². The summed E-state index contributed by atoms with van der Waals surface area (Å²) in [5, 5.41) is 2.72. The Morgan fingerprint density at radius 2 is 1.81 bits per heavy atom. The molecule has 2 aromatic carbocycles. The molecule has 2 aromatic rings. The molecular formula is C17H16N2O2. The van der Waals surface area contributed by atoms with Crippen LogP contribution in [0.1, 0.15) is 22.8 Å². The lowest BCUT2D eigenvalue weighted by Crippen LogP contribution is -2.08. The van der Waals surface area contributed by atoms with Gasteiger partial charge in [0.05, 0.1) is 0 Å². The molecule has 3 N–H and O–H groups in total. The number of hydrogen-bond donors (Lipinski definition) is 2. The lowest BCUT2D eigenvalue weighted by atomic mass is 10.1. The van der Waals surface area contributed by atoms with E-state index in [1.165, 1.54) is 13.0 Å². The zero-order valence-corrected chi connectivity index (χ0v) is 11.7. The number of hydrogen-bond acceptors (Lipinski definition) is 3. The monoisotopic (exact) mass is 280 g/mol. The Morgan fingerprint density at radius 1 is 1.10 bits per heavy atom. The highest BCUT2D eigenvalue weighted by molar-refractivity contribution is 6.03. The summed E-state index contributed by atoms with van der Waals surface area (Å²) in [6.45, 7) is 1.49. The molecule has 0 atom stereocenters. The molecule has 0 bridgehead atoms. The predicted octanol–water partition coefficient (Wildman–Crippen LogP) is 3.12. The van der Waals surface area contributed by atoms with Crippen molar-refractivity contribution in [3.63, 3.8) is 0 Å². The second kappa shape index (κ2) is 6.52. The second-order valence-electron chi connectivity index (χ2n) is 4.63. The third-order valence-electron chi connectivity index (χ3n) is 2.90. The highest BCUT2D eigenvalue weighted by atomic mass is 16.1. The zero-order valence-electron chi connectivity index (χ0n) is 11.7. The maximum absolute atomic E-state index is 11.8. The van der Waals surface area contributed by atoms with Gasteiger partial charge in [0.2, 0.25) is 5.91 Å². The van der Waals surface area contributed by atoms with Gasteiger partial charge in [-0.15, -0.1) is 0 Å². The van der Waals surface area contributed by atoms with Crippen molar-refractivity contribution >= 4 is 29.1 Å². The molecule has 0 unspecified atom stereocenters. The number of nitrogen functional groups attached to an aromatic ring is 1. The molecule has 0 saturated carbocycles. The fraction of sp³-hybridized carbons (Fsp3) is 0.0588. The first-order chi connectivity index (χ1) is 10.0. The molecule has 0 aliphatic rings. The van der Waals surface area contributed by atoms with Gasteiger partial charge in [-0.2, -0.15) is 0 Å². The number of benzene rings is 2. The van der Waals surface area contributed by atoms with Crippen LogP contribution in [-0.4, -0.2) is 11.7 Å². The molecule has 21 heavy (non-hydrogen) atoms. The Labute approximate surface area is 123 Å². The van der Waals surface area contributed by atoms with Crippen molar-refractivity contribution in [2.45, 2.75) is 6.92 Å². The highest BCUT2D eigenvalue weighted by Crippen LogP contribution is 2.12. The summed E-state index contributed by atoms with van der Waals surface area (Å²) in [6, 6.07) is 14.0. The van der Waals surface area contributed by atoms with Crippen molar-refractivity contribution in [2.24, 2.45) is 0 Å². The molecule has 0 spiro atoms. The van der Waals surface area contributed by atoms with E-state index in [0.29, 0.717) is 16.9 Å². The van der Waals surface area contributed by atoms with Crippen LogP contribution in [0.15, 0.2) is 54.6 Å². The van der Waals surface area contributed by atoms with Crippen molar-refractivity contribution in [1.82, 2.24) is 0 Å². The zero-order chi connectivity index (χ0) is 15.2. The molecule has 0 radical (unpaired) electrons. The minimum absolute atomic E-state index is 0.0384. The molecule has 4 heteroatoms. The van der Waals surface area contributed by atoms with E-state index in [0.717, 1.165) is 5.56 Å². The van der Waals surface area contributed by atoms with Gasteiger partial charge in [0.1, 0.15) is 0 Å². The van der Waals surface area contributed by atoms with Gasteiger partial charge < -0.3 is 11.1 Å². The lowest BCUT2D eigenvalue weighted by Gasteiger charge is -2.03. The highest BCUT2D eigenvalue weighted by Gasteiger charge is 2.02. The Morgan fingerprint density at radius 3 is 2.48 bits per heavy atom. The first-order valence-corrected chi connectivity index (χ1v) is 6.50. The third kappa shape index (κ3) is 4.31. The van der Waals surface area contributed by atoms with E-state index >= 15 is 0 Å².